The fourth-order valence-corrected chi connectivity index (χ4v) is 6.61. The molecule has 2 unspecified atom stereocenters. The number of benzene rings is 1. The first-order valence-corrected chi connectivity index (χ1v) is 14.9. The van der Waals surface area contributed by atoms with Gasteiger partial charge in [-0.05, 0) is 49.3 Å². The molecule has 0 radical (unpaired) electrons. The van der Waals surface area contributed by atoms with Crippen LogP contribution in [0.5, 0.6) is 0 Å². The number of amides is 3. The summed E-state index contributed by atoms with van der Waals surface area (Å²) in [5.74, 6) is -0.683. The van der Waals surface area contributed by atoms with Gasteiger partial charge in [0.15, 0.2) is 0 Å². The van der Waals surface area contributed by atoms with Crippen LogP contribution in [0.15, 0.2) is 64.1 Å². The van der Waals surface area contributed by atoms with E-state index in [1.807, 2.05) is 69.6 Å². The minimum absolute atomic E-state index is 0.124. The Morgan fingerprint density at radius 1 is 1.28 bits per heavy atom. The highest BCUT2D eigenvalue weighted by atomic mass is 79.9. The van der Waals surface area contributed by atoms with E-state index in [-0.39, 0.29) is 23.6 Å². The average molecular weight is 612 g/mol. The summed E-state index contributed by atoms with van der Waals surface area (Å²) in [4.78, 5) is 49.3. The predicted octanol–water partition coefficient (Wildman–Crippen LogP) is 5.37. The average Bonchev–Trinajstić information content (AvgIpc) is 3.62. The number of carbonyl (C=O) groups excluding carboxylic acids is 3. The summed E-state index contributed by atoms with van der Waals surface area (Å²) in [5, 5.41) is 3.03. The largest absolute Gasteiger partial charge is 0.350 e. The second-order valence-corrected chi connectivity index (χ2v) is 12.1. The van der Waals surface area contributed by atoms with E-state index in [1.54, 1.807) is 21.1 Å². The number of thiazole rings is 1. The Bertz CT molecular complexity index is 1330. The topological polar surface area (TPSA) is 82.6 Å². The van der Waals surface area contributed by atoms with Gasteiger partial charge in [0.2, 0.25) is 11.8 Å². The third-order valence-corrected chi connectivity index (χ3v) is 8.64. The molecule has 2 aliphatic rings. The Balaban J connectivity index is 1.44. The molecule has 39 heavy (non-hydrogen) atoms. The molecule has 2 aromatic rings. The summed E-state index contributed by atoms with van der Waals surface area (Å²) < 4.78 is 0.506. The fraction of sp³-hybridized carbons (Fsp3) is 0.400. The quantitative estimate of drug-likeness (QED) is 0.413. The lowest BCUT2D eigenvalue weighted by Crippen LogP contribution is -2.56. The van der Waals surface area contributed by atoms with E-state index in [4.69, 9.17) is 0 Å². The zero-order chi connectivity index (χ0) is 28.3. The Labute approximate surface area is 242 Å². The van der Waals surface area contributed by atoms with Gasteiger partial charge in [0.25, 0.3) is 5.91 Å². The van der Waals surface area contributed by atoms with Crippen molar-refractivity contribution in [1.82, 2.24) is 20.1 Å². The van der Waals surface area contributed by atoms with Gasteiger partial charge in [-0.2, -0.15) is 0 Å². The number of nitrogens with one attached hydrogen (secondary N) is 1. The molecule has 3 heterocycles. The molecule has 0 bridgehead atoms. The SMILES string of the molecule is C=C(Br)C1=C(/C=C\C)CN(C(C(=O)N2CCCC2C(=O)NCc2ccc(-c3scnc3C)cc2)C(C)C)C1=O. The van der Waals surface area contributed by atoms with Gasteiger partial charge in [0.05, 0.1) is 21.7 Å². The summed E-state index contributed by atoms with van der Waals surface area (Å²) in [6.07, 6.45) is 5.12. The lowest BCUT2D eigenvalue weighted by molar-refractivity contribution is -0.147. The molecular weight excluding hydrogens is 576 g/mol. The van der Waals surface area contributed by atoms with E-state index in [1.165, 1.54) is 0 Å². The highest BCUT2D eigenvalue weighted by molar-refractivity contribution is 9.12. The second kappa shape index (κ2) is 12.4. The molecule has 4 rings (SSSR count). The number of hydrogen-bond acceptors (Lipinski definition) is 5. The summed E-state index contributed by atoms with van der Waals surface area (Å²) >= 11 is 4.98. The van der Waals surface area contributed by atoms with Gasteiger partial charge in [0, 0.05) is 24.1 Å². The summed E-state index contributed by atoms with van der Waals surface area (Å²) in [6.45, 7) is 12.9. The van der Waals surface area contributed by atoms with E-state index in [0.717, 1.165) is 33.7 Å². The highest BCUT2D eigenvalue weighted by Crippen LogP contribution is 2.33. The summed E-state index contributed by atoms with van der Waals surface area (Å²) in [7, 11) is 0. The normalized spacial score (nSPS) is 18.5. The van der Waals surface area contributed by atoms with Crippen molar-refractivity contribution >= 4 is 45.0 Å². The Kier molecular flexibility index (Phi) is 9.23. The first-order chi connectivity index (χ1) is 18.6. The van der Waals surface area contributed by atoms with Gasteiger partial charge in [-0.3, -0.25) is 14.4 Å². The zero-order valence-corrected chi connectivity index (χ0v) is 25.3. The van der Waals surface area contributed by atoms with Crippen molar-refractivity contribution in [2.24, 2.45) is 5.92 Å². The maximum atomic E-state index is 13.9. The van der Waals surface area contributed by atoms with Crippen LogP contribution >= 0.6 is 27.3 Å². The molecule has 1 aromatic carbocycles. The second-order valence-electron chi connectivity index (χ2n) is 10.3. The Hall–Kier alpha value is -3.04. The van der Waals surface area contributed by atoms with Crippen molar-refractivity contribution in [3.05, 3.63) is 75.4 Å². The van der Waals surface area contributed by atoms with Gasteiger partial charge in [-0.1, -0.05) is 72.8 Å². The van der Waals surface area contributed by atoms with Gasteiger partial charge in [-0.25, -0.2) is 4.98 Å². The van der Waals surface area contributed by atoms with Gasteiger partial charge >= 0.3 is 0 Å². The zero-order valence-electron chi connectivity index (χ0n) is 22.9. The standard InChI is InChI=1S/C30H35BrN4O3S/c1-6-8-23-16-35(29(37)25(23)19(4)31)26(18(2)3)30(38)34-14-7-9-24(34)28(36)32-15-21-10-12-22(13-11-21)27-20(5)33-17-39-27/h6,8,10-13,17-18,24,26H,4,7,9,14-16H2,1-3,5H3,(H,32,36)/b8-6-. The predicted molar refractivity (Wildman–Crippen MR) is 159 cm³/mol. The molecule has 1 N–H and O–H groups in total. The lowest BCUT2D eigenvalue weighted by atomic mass is 10.00. The molecule has 1 aromatic heterocycles. The first kappa shape index (κ1) is 29.0. The number of halogens is 1. The monoisotopic (exact) mass is 610 g/mol. The number of aryl methyl sites for hydroxylation is 1. The molecule has 3 amide bonds. The third kappa shape index (κ3) is 6.09. The molecule has 2 atom stereocenters. The lowest BCUT2D eigenvalue weighted by Gasteiger charge is -2.35. The van der Waals surface area contributed by atoms with Crippen LogP contribution in [0.1, 0.15) is 44.9 Å². The highest BCUT2D eigenvalue weighted by Gasteiger charge is 2.44. The van der Waals surface area contributed by atoms with Crippen LogP contribution < -0.4 is 5.32 Å². The number of hydrogen-bond donors (Lipinski definition) is 1. The summed E-state index contributed by atoms with van der Waals surface area (Å²) in [6, 6.07) is 6.87. The molecule has 1 fully saturated rings. The van der Waals surface area contributed by atoms with E-state index in [2.05, 4.69) is 32.8 Å². The summed E-state index contributed by atoms with van der Waals surface area (Å²) in [5.41, 5.74) is 6.26. The molecule has 0 aliphatic carbocycles. The number of allylic oxidation sites excluding steroid dienone is 1. The number of rotatable bonds is 9. The number of aromatic nitrogens is 1. The van der Waals surface area contributed by atoms with Crippen LogP contribution in [0, 0.1) is 12.8 Å². The van der Waals surface area contributed by atoms with E-state index in [9.17, 15) is 14.4 Å². The Morgan fingerprint density at radius 3 is 2.59 bits per heavy atom. The van der Waals surface area contributed by atoms with Crippen molar-refractivity contribution in [1.29, 1.82) is 0 Å². The van der Waals surface area contributed by atoms with Gasteiger partial charge < -0.3 is 15.1 Å². The molecule has 7 nitrogen and oxygen atoms in total. The van der Waals surface area contributed by atoms with Crippen LogP contribution in [0.25, 0.3) is 10.4 Å². The molecule has 9 heteroatoms. The van der Waals surface area contributed by atoms with Gasteiger partial charge in [-0.15, -0.1) is 11.3 Å². The van der Waals surface area contributed by atoms with Crippen molar-refractivity contribution in [3.63, 3.8) is 0 Å². The number of nitrogens with zero attached hydrogens (tertiary/aromatic N) is 3. The van der Waals surface area contributed by atoms with Crippen molar-refractivity contribution in [2.75, 3.05) is 13.1 Å². The molecule has 0 saturated carbocycles. The van der Waals surface area contributed by atoms with Crippen LogP contribution in [-0.4, -0.2) is 57.7 Å². The van der Waals surface area contributed by atoms with E-state index < -0.39 is 12.1 Å². The third-order valence-electron chi connectivity index (χ3n) is 7.26. The van der Waals surface area contributed by atoms with Crippen LogP contribution in [0.4, 0.5) is 0 Å². The van der Waals surface area contributed by atoms with Crippen molar-refractivity contribution in [3.8, 4) is 10.4 Å². The van der Waals surface area contributed by atoms with Crippen molar-refractivity contribution in [2.45, 2.75) is 59.2 Å². The minimum Gasteiger partial charge on any atom is -0.350 e. The van der Waals surface area contributed by atoms with Crippen molar-refractivity contribution < 1.29 is 14.4 Å². The van der Waals surface area contributed by atoms with Crippen LogP contribution in [0.2, 0.25) is 0 Å². The molecule has 1 saturated heterocycles. The minimum atomic E-state index is -0.668. The molecule has 2 aliphatic heterocycles. The van der Waals surface area contributed by atoms with E-state index in [0.29, 0.717) is 36.1 Å². The van der Waals surface area contributed by atoms with Crippen LogP contribution in [-0.2, 0) is 20.9 Å². The van der Waals surface area contributed by atoms with E-state index >= 15 is 0 Å². The molecule has 0 spiro atoms. The molecule has 206 valence electrons. The smallest absolute Gasteiger partial charge is 0.256 e. The maximum Gasteiger partial charge on any atom is 0.256 e. The maximum absolute atomic E-state index is 13.9. The fourth-order valence-electron chi connectivity index (χ4n) is 5.38. The number of likely N-dealkylation sites (tertiary alicyclic amines) is 1. The molecular formula is C30H35BrN4O3S. The van der Waals surface area contributed by atoms with Crippen LogP contribution in [0.3, 0.4) is 0 Å². The first-order valence-electron chi connectivity index (χ1n) is 13.2. The van der Waals surface area contributed by atoms with Gasteiger partial charge in [0.1, 0.15) is 12.1 Å². The Morgan fingerprint density at radius 2 is 2.00 bits per heavy atom. The number of carbonyl (C=O) groups is 3.